The van der Waals surface area contributed by atoms with E-state index in [9.17, 15) is 17.6 Å². The van der Waals surface area contributed by atoms with Gasteiger partial charge in [-0.1, -0.05) is 30.3 Å². The van der Waals surface area contributed by atoms with Crippen molar-refractivity contribution in [1.29, 1.82) is 0 Å². The molecule has 0 saturated heterocycles. The molecule has 0 fully saturated rings. The highest BCUT2D eigenvalue weighted by Crippen LogP contribution is 2.29. The van der Waals surface area contributed by atoms with Crippen molar-refractivity contribution in [2.75, 3.05) is 0 Å². The molecule has 0 saturated carbocycles. The second-order valence-corrected chi connectivity index (χ2v) is 3.56. The first-order valence-electron chi connectivity index (χ1n) is 5.06. The van der Waals surface area contributed by atoms with E-state index in [0.717, 1.165) is 12.1 Å². The largest absolute Gasteiger partial charge is 0.573 e. The van der Waals surface area contributed by atoms with Gasteiger partial charge in [-0.2, -0.15) is 0 Å². The van der Waals surface area contributed by atoms with Crippen molar-refractivity contribution < 1.29 is 22.3 Å². The van der Waals surface area contributed by atoms with Gasteiger partial charge in [0.1, 0.15) is 11.6 Å². The Balaban J connectivity index is 2.36. The van der Waals surface area contributed by atoms with Gasteiger partial charge in [0.15, 0.2) is 0 Å². The van der Waals surface area contributed by atoms with E-state index in [-0.39, 0.29) is 11.3 Å². The Morgan fingerprint density at radius 3 is 2.28 bits per heavy atom. The first-order valence-corrected chi connectivity index (χ1v) is 5.06. The van der Waals surface area contributed by atoms with Crippen LogP contribution in [0.25, 0.3) is 11.1 Å². The Bertz CT molecular complexity index is 549. The van der Waals surface area contributed by atoms with Crippen LogP contribution in [0.2, 0.25) is 0 Å². The lowest BCUT2D eigenvalue weighted by Gasteiger charge is -2.10. The smallest absolute Gasteiger partial charge is 0.406 e. The van der Waals surface area contributed by atoms with Crippen molar-refractivity contribution in [2.24, 2.45) is 0 Å². The quantitative estimate of drug-likeness (QED) is 0.724. The highest BCUT2D eigenvalue weighted by atomic mass is 19.4. The molecule has 0 aliphatic carbocycles. The van der Waals surface area contributed by atoms with Gasteiger partial charge in [-0.25, -0.2) is 4.39 Å². The van der Waals surface area contributed by atoms with E-state index in [2.05, 4.69) is 4.74 Å². The van der Waals surface area contributed by atoms with Crippen LogP contribution >= 0.6 is 0 Å². The molecule has 0 N–H and O–H groups in total. The first-order chi connectivity index (χ1) is 8.46. The second-order valence-electron chi connectivity index (χ2n) is 3.56. The van der Waals surface area contributed by atoms with Gasteiger partial charge in [-0.15, -0.1) is 13.2 Å². The Kier molecular flexibility index (Phi) is 3.23. The summed E-state index contributed by atoms with van der Waals surface area (Å²) in [5.41, 5.74) is 0.556. The monoisotopic (exact) mass is 256 g/mol. The first kappa shape index (κ1) is 12.4. The minimum Gasteiger partial charge on any atom is -0.406 e. The number of hydrogen-bond donors (Lipinski definition) is 0. The topological polar surface area (TPSA) is 9.23 Å². The Hall–Kier alpha value is -2.04. The summed E-state index contributed by atoms with van der Waals surface area (Å²) in [7, 11) is 0. The summed E-state index contributed by atoms with van der Waals surface area (Å²) in [5, 5.41) is 0. The third-order valence-corrected chi connectivity index (χ3v) is 2.25. The summed E-state index contributed by atoms with van der Waals surface area (Å²) in [6, 6.07) is 11.0. The number of hydrogen-bond acceptors (Lipinski definition) is 1. The van der Waals surface area contributed by atoms with E-state index >= 15 is 0 Å². The molecule has 0 heterocycles. The summed E-state index contributed by atoms with van der Waals surface area (Å²) in [4.78, 5) is 0. The van der Waals surface area contributed by atoms with E-state index in [4.69, 9.17) is 0 Å². The van der Waals surface area contributed by atoms with Gasteiger partial charge in [-0.05, 0) is 23.8 Å². The summed E-state index contributed by atoms with van der Waals surface area (Å²) in [6.07, 6.45) is -4.76. The van der Waals surface area contributed by atoms with E-state index < -0.39 is 12.2 Å². The Labute approximate surface area is 101 Å². The predicted octanol–water partition coefficient (Wildman–Crippen LogP) is 4.39. The molecule has 0 radical (unpaired) electrons. The van der Waals surface area contributed by atoms with E-state index in [1.54, 1.807) is 6.07 Å². The van der Waals surface area contributed by atoms with Crippen molar-refractivity contribution in [2.45, 2.75) is 6.36 Å². The molecule has 2 aromatic carbocycles. The van der Waals surface area contributed by atoms with Crippen molar-refractivity contribution in [3.8, 4) is 16.9 Å². The number of ether oxygens (including phenoxy) is 1. The number of halogens is 4. The Morgan fingerprint density at radius 1 is 0.889 bits per heavy atom. The fourth-order valence-electron chi connectivity index (χ4n) is 1.56. The number of alkyl halides is 3. The third-order valence-electron chi connectivity index (χ3n) is 2.25. The summed E-state index contributed by atoms with van der Waals surface area (Å²) in [5.74, 6) is -0.870. The van der Waals surface area contributed by atoms with Crippen LogP contribution in [-0.4, -0.2) is 6.36 Å². The van der Waals surface area contributed by atoms with Crippen LogP contribution in [0.3, 0.4) is 0 Å². The molecule has 0 atom stereocenters. The normalized spacial score (nSPS) is 11.3. The molecule has 18 heavy (non-hydrogen) atoms. The summed E-state index contributed by atoms with van der Waals surface area (Å²) >= 11 is 0. The van der Waals surface area contributed by atoms with Crippen LogP contribution < -0.4 is 4.74 Å². The van der Waals surface area contributed by atoms with Crippen LogP contribution in [0, 0.1) is 5.82 Å². The molecule has 0 aliphatic rings. The summed E-state index contributed by atoms with van der Waals surface area (Å²) in [6.45, 7) is 0. The van der Waals surface area contributed by atoms with Gasteiger partial charge >= 0.3 is 6.36 Å². The molecule has 0 bridgehead atoms. The zero-order chi connectivity index (χ0) is 13.2. The lowest BCUT2D eigenvalue weighted by molar-refractivity contribution is -0.274. The lowest BCUT2D eigenvalue weighted by atomic mass is 10.1. The molecular formula is C13H8F4O. The molecule has 0 unspecified atom stereocenters. The van der Waals surface area contributed by atoms with Crippen LogP contribution in [0.15, 0.2) is 48.5 Å². The lowest BCUT2D eigenvalue weighted by Crippen LogP contribution is -2.17. The van der Waals surface area contributed by atoms with Crippen molar-refractivity contribution in [1.82, 2.24) is 0 Å². The van der Waals surface area contributed by atoms with Crippen LogP contribution in [0.1, 0.15) is 0 Å². The summed E-state index contributed by atoms with van der Waals surface area (Å²) < 4.78 is 53.4. The van der Waals surface area contributed by atoms with E-state index in [0.29, 0.717) is 5.56 Å². The number of rotatable bonds is 2. The van der Waals surface area contributed by atoms with Crippen molar-refractivity contribution in [3.63, 3.8) is 0 Å². The highest BCUT2D eigenvalue weighted by molar-refractivity contribution is 5.65. The van der Waals surface area contributed by atoms with Gasteiger partial charge in [-0.3, -0.25) is 0 Å². The minimum absolute atomic E-state index is 0.227. The molecule has 2 aromatic rings. The van der Waals surface area contributed by atoms with Gasteiger partial charge in [0.05, 0.1) is 0 Å². The third kappa shape index (κ3) is 3.00. The molecule has 0 spiro atoms. The maximum absolute atomic E-state index is 13.5. The van der Waals surface area contributed by atoms with Crippen LogP contribution in [-0.2, 0) is 0 Å². The maximum Gasteiger partial charge on any atom is 0.573 e. The van der Waals surface area contributed by atoms with E-state index in [1.165, 1.54) is 30.3 Å². The second kappa shape index (κ2) is 4.68. The molecule has 5 heteroatoms. The molecule has 0 aliphatic heterocycles. The van der Waals surface area contributed by atoms with Crippen molar-refractivity contribution >= 4 is 0 Å². The minimum atomic E-state index is -4.76. The number of benzene rings is 2. The fourth-order valence-corrected chi connectivity index (χ4v) is 1.56. The molecule has 2 rings (SSSR count). The van der Waals surface area contributed by atoms with Gasteiger partial charge in [0, 0.05) is 5.56 Å². The standard InChI is InChI=1S/C13H8F4O/c14-12-7-2-1-6-11(12)9-4-3-5-10(8-9)18-13(15,16)17/h1-8H. The average molecular weight is 256 g/mol. The van der Waals surface area contributed by atoms with Crippen molar-refractivity contribution in [3.05, 3.63) is 54.3 Å². The van der Waals surface area contributed by atoms with Gasteiger partial charge in [0.2, 0.25) is 0 Å². The van der Waals surface area contributed by atoms with E-state index in [1.807, 2.05) is 0 Å². The molecule has 0 amide bonds. The molecule has 0 aromatic heterocycles. The van der Waals surface area contributed by atoms with Gasteiger partial charge < -0.3 is 4.74 Å². The molecule has 1 nitrogen and oxygen atoms in total. The van der Waals surface area contributed by atoms with Crippen LogP contribution in [0.4, 0.5) is 17.6 Å². The zero-order valence-electron chi connectivity index (χ0n) is 9.04. The average Bonchev–Trinajstić information content (AvgIpc) is 2.27. The predicted molar refractivity (Wildman–Crippen MR) is 58.5 cm³/mol. The Morgan fingerprint density at radius 2 is 1.61 bits per heavy atom. The zero-order valence-corrected chi connectivity index (χ0v) is 9.04. The van der Waals surface area contributed by atoms with Crippen LogP contribution in [0.5, 0.6) is 5.75 Å². The molecule has 94 valence electrons. The SMILES string of the molecule is Fc1ccccc1-c1cccc(OC(F)(F)F)c1. The van der Waals surface area contributed by atoms with Gasteiger partial charge in [0.25, 0.3) is 0 Å². The fraction of sp³-hybridized carbons (Fsp3) is 0.0769. The molecular weight excluding hydrogens is 248 g/mol. The maximum atomic E-state index is 13.5. The highest BCUT2D eigenvalue weighted by Gasteiger charge is 2.31.